The Kier molecular flexibility index (Phi) is 3.07. The predicted octanol–water partition coefficient (Wildman–Crippen LogP) is 4.66. The van der Waals surface area contributed by atoms with E-state index < -0.39 is 0 Å². The molecule has 0 aliphatic rings. The first-order valence-corrected chi connectivity index (χ1v) is 7.01. The summed E-state index contributed by atoms with van der Waals surface area (Å²) in [5.74, 6) is 0.704. The Bertz CT molecular complexity index is 762. The molecule has 0 aliphatic carbocycles. The Hall–Kier alpha value is -1.39. The molecule has 96 valence electrons. The minimum absolute atomic E-state index is 0.549. The number of benzene rings is 1. The van der Waals surface area contributed by atoms with Gasteiger partial charge in [0.15, 0.2) is 5.82 Å². The van der Waals surface area contributed by atoms with Crippen LogP contribution in [0.2, 0.25) is 5.15 Å². The highest BCUT2D eigenvalue weighted by atomic mass is 79.9. The fraction of sp³-hybridized carbons (Fsp3) is 0.143. The first-order chi connectivity index (χ1) is 9.06. The summed E-state index contributed by atoms with van der Waals surface area (Å²) in [6.45, 7) is 4.01. The molecule has 0 saturated carbocycles. The molecule has 0 atom stereocenters. The van der Waals surface area contributed by atoms with Gasteiger partial charge < -0.3 is 4.98 Å². The summed E-state index contributed by atoms with van der Waals surface area (Å²) in [6.07, 6.45) is 0. The molecule has 5 heteroatoms. The van der Waals surface area contributed by atoms with E-state index in [0.717, 1.165) is 26.8 Å². The van der Waals surface area contributed by atoms with E-state index >= 15 is 0 Å². The monoisotopic (exact) mass is 335 g/mol. The molecule has 3 rings (SSSR count). The van der Waals surface area contributed by atoms with Crippen molar-refractivity contribution in [2.45, 2.75) is 13.8 Å². The molecule has 1 aromatic carbocycles. The lowest BCUT2D eigenvalue weighted by atomic mass is 10.1. The van der Waals surface area contributed by atoms with Gasteiger partial charge in [-0.1, -0.05) is 41.4 Å². The third-order valence-electron chi connectivity index (χ3n) is 3.04. The van der Waals surface area contributed by atoms with E-state index in [1.165, 1.54) is 5.56 Å². The summed E-state index contributed by atoms with van der Waals surface area (Å²) in [7, 11) is 0. The maximum Gasteiger partial charge on any atom is 0.161 e. The first kappa shape index (κ1) is 12.6. The van der Waals surface area contributed by atoms with Crippen LogP contribution in [0.15, 0.2) is 28.7 Å². The smallest absolute Gasteiger partial charge is 0.161 e. The molecule has 2 heterocycles. The topological polar surface area (TPSA) is 41.6 Å². The van der Waals surface area contributed by atoms with Crippen LogP contribution in [-0.4, -0.2) is 15.0 Å². The van der Waals surface area contributed by atoms with Crippen LogP contribution in [0.1, 0.15) is 11.3 Å². The molecule has 0 bridgehead atoms. The van der Waals surface area contributed by atoms with Gasteiger partial charge in [-0.3, -0.25) is 0 Å². The molecular formula is C14H11BrClN3. The number of hydrogen-bond acceptors (Lipinski definition) is 2. The summed E-state index contributed by atoms with van der Waals surface area (Å²) in [6, 6.07) is 8.15. The van der Waals surface area contributed by atoms with Crippen LogP contribution in [0.5, 0.6) is 0 Å². The minimum Gasteiger partial charge on any atom is -0.329 e. The Morgan fingerprint density at radius 1 is 1.11 bits per heavy atom. The summed E-state index contributed by atoms with van der Waals surface area (Å²) >= 11 is 9.52. The van der Waals surface area contributed by atoms with Crippen molar-refractivity contribution in [1.82, 2.24) is 15.0 Å². The van der Waals surface area contributed by atoms with Gasteiger partial charge in [-0.15, -0.1) is 0 Å². The average molecular weight is 337 g/mol. The van der Waals surface area contributed by atoms with Gasteiger partial charge in [0.05, 0.1) is 15.6 Å². The third kappa shape index (κ3) is 2.15. The van der Waals surface area contributed by atoms with Crippen LogP contribution in [0, 0.1) is 13.8 Å². The third-order valence-corrected chi connectivity index (χ3v) is 4.34. The zero-order valence-corrected chi connectivity index (χ0v) is 12.8. The molecule has 19 heavy (non-hydrogen) atoms. The Morgan fingerprint density at radius 3 is 2.47 bits per heavy atom. The van der Waals surface area contributed by atoms with E-state index in [-0.39, 0.29) is 0 Å². The molecule has 0 unspecified atom stereocenters. The highest BCUT2D eigenvalue weighted by molar-refractivity contribution is 9.10. The lowest BCUT2D eigenvalue weighted by Gasteiger charge is -2.03. The predicted molar refractivity (Wildman–Crippen MR) is 81.5 cm³/mol. The highest BCUT2D eigenvalue weighted by Crippen LogP contribution is 2.33. The molecule has 3 aromatic rings. The number of halogens is 2. The molecule has 1 N–H and O–H groups in total. The minimum atomic E-state index is 0.549. The Morgan fingerprint density at radius 2 is 1.79 bits per heavy atom. The van der Waals surface area contributed by atoms with Gasteiger partial charge in [-0.25, -0.2) is 9.97 Å². The standard InChI is InChI=1S/C14H11BrClN3/c1-7-3-5-9(6-4-7)13-17-8(2)10-11(15)12(16)18-14(10)19-13/h3-6H,1-2H3,(H,17,18,19). The normalized spacial score (nSPS) is 11.2. The molecular weight excluding hydrogens is 326 g/mol. The second kappa shape index (κ2) is 4.62. The molecule has 3 nitrogen and oxygen atoms in total. The number of H-pyrrole nitrogens is 1. The van der Waals surface area contributed by atoms with Crippen LogP contribution in [0.3, 0.4) is 0 Å². The van der Waals surface area contributed by atoms with Crippen molar-refractivity contribution in [2.24, 2.45) is 0 Å². The van der Waals surface area contributed by atoms with Gasteiger partial charge in [-0.2, -0.15) is 0 Å². The second-order valence-electron chi connectivity index (χ2n) is 4.48. The van der Waals surface area contributed by atoms with Crippen LogP contribution in [0.4, 0.5) is 0 Å². The number of aryl methyl sites for hydroxylation is 2. The second-order valence-corrected chi connectivity index (χ2v) is 5.65. The lowest BCUT2D eigenvalue weighted by molar-refractivity contribution is 1.15. The van der Waals surface area contributed by atoms with Crippen molar-refractivity contribution in [2.75, 3.05) is 0 Å². The number of fused-ring (bicyclic) bond motifs is 1. The summed E-state index contributed by atoms with van der Waals surface area (Å²) in [4.78, 5) is 12.1. The van der Waals surface area contributed by atoms with Gasteiger partial charge in [0, 0.05) is 5.56 Å². The summed E-state index contributed by atoms with van der Waals surface area (Å²) in [5.41, 5.74) is 3.86. The number of hydrogen-bond donors (Lipinski definition) is 1. The highest BCUT2D eigenvalue weighted by Gasteiger charge is 2.14. The largest absolute Gasteiger partial charge is 0.329 e. The van der Waals surface area contributed by atoms with E-state index in [4.69, 9.17) is 11.6 Å². The van der Waals surface area contributed by atoms with Crippen LogP contribution >= 0.6 is 27.5 Å². The van der Waals surface area contributed by atoms with Crippen LogP contribution < -0.4 is 0 Å². The van der Waals surface area contributed by atoms with Crippen LogP contribution in [-0.2, 0) is 0 Å². The van der Waals surface area contributed by atoms with Gasteiger partial charge >= 0.3 is 0 Å². The molecule has 2 aromatic heterocycles. The maximum atomic E-state index is 6.07. The van der Waals surface area contributed by atoms with Gasteiger partial charge in [-0.05, 0) is 29.8 Å². The van der Waals surface area contributed by atoms with Crippen molar-refractivity contribution >= 4 is 38.6 Å². The first-order valence-electron chi connectivity index (χ1n) is 5.84. The zero-order chi connectivity index (χ0) is 13.6. The molecule has 0 spiro atoms. The molecule has 0 saturated heterocycles. The fourth-order valence-electron chi connectivity index (χ4n) is 2.03. The molecule has 0 amide bonds. The number of aromatic nitrogens is 3. The summed E-state index contributed by atoms with van der Waals surface area (Å²) in [5, 5.41) is 1.48. The number of nitrogens with zero attached hydrogens (tertiary/aromatic N) is 2. The van der Waals surface area contributed by atoms with E-state index in [9.17, 15) is 0 Å². The molecule has 0 radical (unpaired) electrons. The van der Waals surface area contributed by atoms with E-state index in [1.54, 1.807) is 0 Å². The van der Waals surface area contributed by atoms with Gasteiger partial charge in [0.1, 0.15) is 10.8 Å². The lowest BCUT2D eigenvalue weighted by Crippen LogP contribution is -1.93. The number of aromatic amines is 1. The quantitative estimate of drug-likeness (QED) is 0.702. The van der Waals surface area contributed by atoms with Crippen molar-refractivity contribution in [3.63, 3.8) is 0 Å². The fourth-order valence-corrected chi connectivity index (χ4v) is 2.78. The Balaban J connectivity index is 2.23. The van der Waals surface area contributed by atoms with Gasteiger partial charge in [0.25, 0.3) is 0 Å². The number of rotatable bonds is 1. The summed E-state index contributed by atoms with van der Waals surface area (Å²) < 4.78 is 0.817. The molecule has 0 fully saturated rings. The Labute approximate surface area is 124 Å². The van der Waals surface area contributed by atoms with Crippen molar-refractivity contribution in [3.05, 3.63) is 45.1 Å². The SMILES string of the molecule is Cc1ccc(-c2nc(C)c3c(Br)c(Cl)[nH]c3n2)cc1. The van der Waals surface area contributed by atoms with Crippen LogP contribution in [0.25, 0.3) is 22.4 Å². The van der Waals surface area contributed by atoms with E-state index in [0.29, 0.717) is 11.0 Å². The van der Waals surface area contributed by atoms with Crippen molar-refractivity contribution < 1.29 is 0 Å². The molecule has 0 aliphatic heterocycles. The average Bonchev–Trinajstić information content (AvgIpc) is 2.66. The van der Waals surface area contributed by atoms with Gasteiger partial charge in [0.2, 0.25) is 0 Å². The maximum absolute atomic E-state index is 6.07. The van der Waals surface area contributed by atoms with Crippen molar-refractivity contribution in [3.8, 4) is 11.4 Å². The van der Waals surface area contributed by atoms with Crippen molar-refractivity contribution in [1.29, 1.82) is 0 Å². The van der Waals surface area contributed by atoms with E-state index in [2.05, 4.69) is 49.9 Å². The number of nitrogens with one attached hydrogen (secondary N) is 1. The zero-order valence-electron chi connectivity index (χ0n) is 10.5. The van der Waals surface area contributed by atoms with E-state index in [1.807, 2.05) is 19.1 Å².